The van der Waals surface area contributed by atoms with E-state index in [2.05, 4.69) is 11.9 Å². The van der Waals surface area contributed by atoms with Crippen molar-refractivity contribution in [3.8, 4) is 0 Å². The summed E-state index contributed by atoms with van der Waals surface area (Å²) in [5.74, 6) is 1.13. The summed E-state index contributed by atoms with van der Waals surface area (Å²) in [4.78, 5) is 15.4. The van der Waals surface area contributed by atoms with Crippen LogP contribution in [0.3, 0.4) is 0 Å². The van der Waals surface area contributed by atoms with Crippen LogP contribution in [-0.2, 0) is 10.5 Å². The van der Waals surface area contributed by atoms with E-state index in [4.69, 9.17) is 5.11 Å². The van der Waals surface area contributed by atoms with Gasteiger partial charge in [-0.1, -0.05) is 6.92 Å². The van der Waals surface area contributed by atoms with E-state index in [-0.39, 0.29) is 0 Å². The summed E-state index contributed by atoms with van der Waals surface area (Å²) in [6.07, 6.45) is 5.60. The van der Waals surface area contributed by atoms with Crippen LogP contribution in [0.15, 0.2) is 12.3 Å². The Bertz CT molecular complexity index is 347. The van der Waals surface area contributed by atoms with Crippen LogP contribution < -0.4 is 0 Å². The van der Waals surface area contributed by atoms with Crippen LogP contribution in [0.25, 0.3) is 6.08 Å². The average Bonchev–Trinajstić information content (AvgIpc) is 2.63. The molecule has 0 atom stereocenters. The Kier molecular flexibility index (Phi) is 5.42. The summed E-state index contributed by atoms with van der Waals surface area (Å²) in [5, 5.41) is 9.50. The third-order valence-corrected chi connectivity index (χ3v) is 3.86. The highest BCUT2D eigenvalue weighted by atomic mass is 32.2. The first kappa shape index (κ1) is 12.3. The van der Waals surface area contributed by atoms with Gasteiger partial charge in [-0.25, -0.2) is 9.78 Å². The standard InChI is InChI=1S/C10H13NO2S2/c1-2-5-14-7-9-11-6-8(15-9)3-4-10(12)13/h3-4,6H,2,5,7H2,1H3,(H,12,13)/b4-3+. The minimum Gasteiger partial charge on any atom is -0.478 e. The topological polar surface area (TPSA) is 50.2 Å². The molecule has 15 heavy (non-hydrogen) atoms. The van der Waals surface area contributed by atoms with Gasteiger partial charge in [-0.2, -0.15) is 11.8 Å². The van der Waals surface area contributed by atoms with E-state index < -0.39 is 5.97 Å². The van der Waals surface area contributed by atoms with E-state index in [1.165, 1.54) is 6.42 Å². The normalized spacial score (nSPS) is 11.0. The quantitative estimate of drug-likeness (QED) is 0.616. The van der Waals surface area contributed by atoms with Crippen LogP contribution in [0, 0.1) is 0 Å². The molecule has 0 spiro atoms. The fourth-order valence-corrected chi connectivity index (χ4v) is 2.71. The maximum Gasteiger partial charge on any atom is 0.328 e. The lowest BCUT2D eigenvalue weighted by Gasteiger charge is -1.93. The number of carbonyl (C=O) groups is 1. The Labute approximate surface area is 97.2 Å². The zero-order valence-electron chi connectivity index (χ0n) is 8.47. The van der Waals surface area contributed by atoms with Gasteiger partial charge in [0.2, 0.25) is 0 Å². The second kappa shape index (κ2) is 6.63. The fraction of sp³-hybridized carbons (Fsp3) is 0.400. The van der Waals surface area contributed by atoms with E-state index in [1.807, 2.05) is 11.8 Å². The van der Waals surface area contributed by atoms with Crippen LogP contribution in [0.4, 0.5) is 0 Å². The monoisotopic (exact) mass is 243 g/mol. The summed E-state index contributed by atoms with van der Waals surface area (Å²) in [6, 6.07) is 0. The Hall–Kier alpha value is -0.810. The van der Waals surface area contributed by atoms with E-state index in [0.29, 0.717) is 0 Å². The number of thioether (sulfide) groups is 1. The van der Waals surface area contributed by atoms with Crippen molar-refractivity contribution in [2.24, 2.45) is 0 Å². The highest BCUT2D eigenvalue weighted by Crippen LogP contribution is 2.19. The summed E-state index contributed by atoms with van der Waals surface area (Å²) < 4.78 is 0. The van der Waals surface area contributed by atoms with Gasteiger partial charge >= 0.3 is 5.97 Å². The molecule has 1 aromatic heterocycles. The minimum absolute atomic E-state index is 0.893. The van der Waals surface area contributed by atoms with Crippen LogP contribution in [0.2, 0.25) is 0 Å². The van der Waals surface area contributed by atoms with Gasteiger partial charge in [0, 0.05) is 22.9 Å². The number of carboxylic acids is 1. The Balaban J connectivity index is 2.45. The number of aromatic nitrogens is 1. The number of carboxylic acid groups (broad SMARTS) is 1. The molecule has 5 heteroatoms. The first-order valence-electron chi connectivity index (χ1n) is 4.66. The average molecular weight is 243 g/mol. The molecule has 0 aromatic carbocycles. The van der Waals surface area contributed by atoms with E-state index in [0.717, 1.165) is 27.5 Å². The highest BCUT2D eigenvalue weighted by molar-refractivity contribution is 7.98. The molecule has 0 fully saturated rings. The van der Waals surface area contributed by atoms with Gasteiger partial charge < -0.3 is 5.11 Å². The maximum atomic E-state index is 10.3. The molecular formula is C10H13NO2S2. The predicted molar refractivity (Wildman–Crippen MR) is 65.2 cm³/mol. The molecule has 1 heterocycles. The largest absolute Gasteiger partial charge is 0.478 e. The second-order valence-electron chi connectivity index (χ2n) is 2.88. The molecule has 1 N–H and O–H groups in total. The number of hydrogen-bond acceptors (Lipinski definition) is 4. The van der Waals surface area contributed by atoms with Gasteiger partial charge in [0.05, 0.1) is 0 Å². The van der Waals surface area contributed by atoms with Gasteiger partial charge in [0.1, 0.15) is 5.01 Å². The molecule has 3 nitrogen and oxygen atoms in total. The zero-order chi connectivity index (χ0) is 11.1. The molecule has 0 aliphatic rings. The third-order valence-electron chi connectivity index (χ3n) is 1.54. The Morgan fingerprint density at radius 3 is 3.20 bits per heavy atom. The van der Waals surface area contributed by atoms with Crippen molar-refractivity contribution >= 4 is 35.1 Å². The van der Waals surface area contributed by atoms with E-state index in [1.54, 1.807) is 23.6 Å². The molecule has 0 aliphatic carbocycles. The van der Waals surface area contributed by atoms with Crippen LogP contribution in [0.1, 0.15) is 23.2 Å². The highest BCUT2D eigenvalue weighted by Gasteiger charge is 1.99. The molecule has 0 unspecified atom stereocenters. The van der Waals surface area contributed by atoms with E-state index in [9.17, 15) is 4.79 Å². The summed E-state index contributed by atoms with van der Waals surface area (Å²) >= 11 is 3.39. The number of rotatable bonds is 6. The van der Waals surface area contributed by atoms with Crippen molar-refractivity contribution in [3.05, 3.63) is 22.2 Å². The van der Waals surface area contributed by atoms with Crippen molar-refractivity contribution < 1.29 is 9.90 Å². The predicted octanol–water partition coefficient (Wildman–Crippen LogP) is 2.88. The van der Waals surface area contributed by atoms with E-state index >= 15 is 0 Å². The number of nitrogens with zero attached hydrogens (tertiary/aromatic N) is 1. The fourth-order valence-electron chi connectivity index (χ4n) is 0.925. The smallest absolute Gasteiger partial charge is 0.328 e. The molecular weight excluding hydrogens is 230 g/mol. The van der Waals surface area contributed by atoms with Crippen molar-refractivity contribution in [1.29, 1.82) is 0 Å². The lowest BCUT2D eigenvalue weighted by Crippen LogP contribution is -1.84. The summed E-state index contributed by atoms with van der Waals surface area (Å²) in [5.41, 5.74) is 0. The van der Waals surface area contributed by atoms with Crippen molar-refractivity contribution in [2.75, 3.05) is 5.75 Å². The van der Waals surface area contributed by atoms with Gasteiger partial charge in [0.25, 0.3) is 0 Å². The van der Waals surface area contributed by atoms with Gasteiger partial charge in [-0.05, 0) is 18.2 Å². The first-order chi connectivity index (χ1) is 7.22. The molecule has 0 amide bonds. The van der Waals surface area contributed by atoms with Crippen LogP contribution >= 0.6 is 23.1 Å². The Morgan fingerprint density at radius 2 is 2.53 bits per heavy atom. The molecule has 0 aliphatic heterocycles. The lowest BCUT2D eigenvalue weighted by molar-refractivity contribution is -0.131. The Morgan fingerprint density at radius 1 is 1.73 bits per heavy atom. The summed E-state index contributed by atoms with van der Waals surface area (Å²) in [7, 11) is 0. The minimum atomic E-state index is -0.926. The molecule has 82 valence electrons. The van der Waals surface area contributed by atoms with Gasteiger partial charge in [-0.3, -0.25) is 0 Å². The number of thiazole rings is 1. The third kappa shape index (κ3) is 4.99. The van der Waals surface area contributed by atoms with Crippen molar-refractivity contribution in [3.63, 3.8) is 0 Å². The SMILES string of the molecule is CCCSCc1ncc(/C=C/C(=O)O)s1. The van der Waals surface area contributed by atoms with Crippen LogP contribution in [-0.4, -0.2) is 21.8 Å². The second-order valence-corrected chi connectivity index (χ2v) is 5.13. The molecule has 1 aromatic rings. The van der Waals surface area contributed by atoms with Crippen molar-refractivity contribution in [2.45, 2.75) is 19.1 Å². The van der Waals surface area contributed by atoms with Gasteiger partial charge in [-0.15, -0.1) is 11.3 Å². The lowest BCUT2D eigenvalue weighted by atomic mass is 10.4. The zero-order valence-corrected chi connectivity index (χ0v) is 10.1. The van der Waals surface area contributed by atoms with Crippen molar-refractivity contribution in [1.82, 2.24) is 4.98 Å². The molecule has 1 rings (SSSR count). The molecule has 0 radical (unpaired) electrons. The number of hydrogen-bond donors (Lipinski definition) is 1. The van der Waals surface area contributed by atoms with Gasteiger partial charge in [0.15, 0.2) is 0 Å². The first-order valence-corrected chi connectivity index (χ1v) is 6.63. The maximum absolute atomic E-state index is 10.3. The molecule has 0 saturated carbocycles. The summed E-state index contributed by atoms with van der Waals surface area (Å²) in [6.45, 7) is 2.15. The molecule has 0 saturated heterocycles. The number of aliphatic carboxylic acids is 1. The molecule has 0 bridgehead atoms. The van der Waals surface area contributed by atoms with Crippen LogP contribution in [0.5, 0.6) is 0 Å².